The highest BCUT2D eigenvalue weighted by Gasteiger charge is 2.17. The second kappa shape index (κ2) is 7.70. The first-order chi connectivity index (χ1) is 8.53. The van der Waals surface area contributed by atoms with Crippen LogP contribution in [0.15, 0.2) is 0 Å². The maximum absolute atomic E-state index is 11.7. The van der Waals surface area contributed by atoms with E-state index in [9.17, 15) is 13.2 Å². The van der Waals surface area contributed by atoms with E-state index in [1.165, 1.54) is 7.11 Å². The number of sulfonamides is 1. The Kier molecular flexibility index (Phi) is 6.59. The van der Waals surface area contributed by atoms with Gasteiger partial charge in [-0.25, -0.2) is 13.1 Å². The molecule has 0 spiro atoms. The summed E-state index contributed by atoms with van der Waals surface area (Å²) in [6.45, 7) is 2.36. The van der Waals surface area contributed by atoms with Crippen molar-refractivity contribution in [3.63, 3.8) is 0 Å². The lowest BCUT2D eigenvalue weighted by atomic mass is 10.0. The zero-order valence-electron chi connectivity index (χ0n) is 10.8. The highest BCUT2D eigenvalue weighted by atomic mass is 32.2. The van der Waals surface area contributed by atoms with E-state index in [2.05, 4.69) is 14.8 Å². The van der Waals surface area contributed by atoms with Crippen molar-refractivity contribution in [2.75, 3.05) is 32.5 Å². The van der Waals surface area contributed by atoms with Gasteiger partial charge in [0.25, 0.3) is 0 Å². The summed E-state index contributed by atoms with van der Waals surface area (Å²) in [6, 6.07) is 0. The first-order valence-corrected chi connectivity index (χ1v) is 7.93. The largest absolute Gasteiger partial charge is 0.469 e. The molecule has 1 atom stereocenters. The van der Waals surface area contributed by atoms with Crippen molar-refractivity contribution in [1.29, 1.82) is 0 Å². The number of carbonyl (C=O) groups excluding carboxylic acids is 1. The van der Waals surface area contributed by atoms with Crippen molar-refractivity contribution in [3.05, 3.63) is 0 Å². The predicted molar refractivity (Wildman–Crippen MR) is 68.6 cm³/mol. The molecule has 0 aromatic heterocycles. The number of piperidine rings is 1. The molecule has 0 aliphatic carbocycles. The Hall–Kier alpha value is -0.660. The lowest BCUT2D eigenvalue weighted by Crippen LogP contribution is -2.38. The van der Waals surface area contributed by atoms with Crippen LogP contribution in [-0.4, -0.2) is 46.9 Å². The smallest absolute Gasteiger partial charge is 0.305 e. The minimum atomic E-state index is -3.27. The minimum Gasteiger partial charge on any atom is -0.469 e. The van der Waals surface area contributed by atoms with Gasteiger partial charge in [0.05, 0.1) is 12.9 Å². The molecular weight excluding hydrogens is 256 g/mol. The third-order valence-electron chi connectivity index (χ3n) is 3.01. The molecule has 2 N–H and O–H groups in total. The highest BCUT2D eigenvalue weighted by molar-refractivity contribution is 7.89. The van der Waals surface area contributed by atoms with Crippen LogP contribution in [0.2, 0.25) is 0 Å². The number of hydrogen-bond donors (Lipinski definition) is 2. The number of carbonyl (C=O) groups is 1. The van der Waals surface area contributed by atoms with E-state index in [0.717, 1.165) is 25.9 Å². The van der Waals surface area contributed by atoms with Gasteiger partial charge in [-0.1, -0.05) is 0 Å². The Balaban J connectivity index is 2.20. The van der Waals surface area contributed by atoms with Crippen molar-refractivity contribution >= 4 is 16.0 Å². The van der Waals surface area contributed by atoms with Crippen molar-refractivity contribution in [2.24, 2.45) is 5.92 Å². The maximum Gasteiger partial charge on any atom is 0.305 e. The zero-order valence-corrected chi connectivity index (χ0v) is 11.6. The third-order valence-corrected chi connectivity index (χ3v) is 4.45. The van der Waals surface area contributed by atoms with E-state index in [-0.39, 0.29) is 18.1 Å². The Bertz CT molecular complexity index is 350. The van der Waals surface area contributed by atoms with E-state index < -0.39 is 10.0 Å². The highest BCUT2D eigenvalue weighted by Crippen LogP contribution is 2.09. The van der Waals surface area contributed by atoms with Gasteiger partial charge in [-0.05, 0) is 38.3 Å². The summed E-state index contributed by atoms with van der Waals surface area (Å²) >= 11 is 0. The summed E-state index contributed by atoms with van der Waals surface area (Å²) in [5, 5.41) is 3.24. The summed E-state index contributed by atoms with van der Waals surface area (Å²) in [4.78, 5) is 10.9. The van der Waals surface area contributed by atoms with Gasteiger partial charge in [-0.15, -0.1) is 0 Å². The fraction of sp³-hybridized carbons (Fsp3) is 0.909. The molecule has 0 amide bonds. The number of esters is 1. The Morgan fingerprint density at radius 1 is 1.50 bits per heavy atom. The fourth-order valence-corrected chi connectivity index (χ4v) is 3.08. The normalized spacial score (nSPS) is 20.6. The Morgan fingerprint density at radius 2 is 2.28 bits per heavy atom. The van der Waals surface area contributed by atoms with Gasteiger partial charge in [-0.3, -0.25) is 4.79 Å². The number of hydrogen-bond acceptors (Lipinski definition) is 5. The molecule has 1 saturated heterocycles. The van der Waals surface area contributed by atoms with Gasteiger partial charge in [-0.2, -0.15) is 0 Å². The number of ether oxygens (including phenoxy) is 1. The predicted octanol–water partition coefficient (Wildman–Crippen LogP) is -0.141. The molecule has 6 nitrogen and oxygen atoms in total. The molecule has 1 unspecified atom stereocenters. The Labute approximate surface area is 109 Å². The molecule has 106 valence electrons. The van der Waals surface area contributed by atoms with Gasteiger partial charge in [0.2, 0.25) is 10.0 Å². The molecule has 0 aromatic carbocycles. The molecule has 0 radical (unpaired) electrons. The number of nitrogens with one attached hydrogen (secondary N) is 2. The first kappa shape index (κ1) is 15.4. The summed E-state index contributed by atoms with van der Waals surface area (Å²) in [5.74, 6) is -0.0294. The van der Waals surface area contributed by atoms with E-state index >= 15 is 0 Å². The van der Waals surface area contributed by atoms with Crippen LogP contribution >= 0.6 is 0 Å². The van der Waals surface area contributed by atoms with E-state index in [0.29, 0.717) is 18.9 Å². The second-order valence-electron chi connectivity index (χ2n) is 4.56. The summed E-state index contributed by atoms with van der Waals surface area (Å²) < 4.78 is 30.4. The fourth-order valence-electron chi connectivity index (χ4n) is 1.92. The van der Waals surface area contributed by atoms with Crippen LogP contribution in [0.4, 0.5) is 0 Å². The zero-order chi connectivity index (χ0) is 13.4. The van der Waals surface area contributed by atoms with E-state index in [1.54, 1.807) is 0 Å². The molecule has 1 aliphatic rings. The van der Waals surface area contributed by atoms with Crippen molar-refractivity contribution in [1.82, 2.24) is 10.0 Å². The summed E-state index contributed by atoms with van der Waals surface area (Å²) in [5.41, 5.74) is 0. The molecule has 1 heterocycles. The Morgan fingerprint density at radius 3 is 2.89 bits per heavy atom. The third kappa shape index (κ3) is 6.32. The minimum absolute atomic E-state index is 0.0255. The SMILES string of the molecule is COC(=O)CCCS(=O)(=O)NCC1CCCNC1. The van der Waals surface area contributed by atoms with Crippen molar-refractivity contribution < 1.29 is 17.9 Å². The van der Waals surface area contributed by atoms with Crippen LogP contribution in [0.5, 0.6) is 0 Å². The maximum atomic E-state index is 11.7. The van der Waals surface area contributed by atoms with Crippen LogP contribution in [0.25, 0.3) is 0 Å². The van der Waals surface area contributed by atoms with Crippen LogP contribution in [0, 0.1) is 5.92 Å². The number of rotatable bonds is 7. The molecule has 18 heavy (non-hydrogen) atoms. The van der Waals surface area contributed by atoms with Gasteiger partial charge < -0.3 is 10.1 Å². The van der Waals surface area contributed by atoms with Gasteiger partial charge in [0.15, 0.2) is 0 Å². The van der Waals surface area contributed by atoms with E-state index in [1.807, 2.05) is 0 Å². The quantitative estimate of drug-likeness (QED) is 0.633. The molecule has 7 heteroatoms. The average Bonchev–Trinajstić information content (AvgIpc) is 2.37. The summed E-state index contributed by atoms with van der Waals surface area (Å²) in [6.07, 6.45) is 2.58. The van der Waals surface area contributed by atoms with Crippen LogP contribution in [0.1, 0.15) is 25.7 Å². The lowest BCUT2D eigenvalue weighted by molar-refractivity contribution is -0.140. The van der Waals surface area contributed by atoms with Crippen LogP contribution in [-0.2, 0) is 19.6 Å². The van der Waals surface area contributed by atoms with Crippen LogP contribution in [0.3, 0.4) is 0 Å². The van der Waals surface area contributed by atoms with E-state index in [4.69, 9.17) is 0 Å². The molecule has 1 rings (SSSR count). The van der Waals surface area contributed by atoms with Crippen molar-refractivity contribution in [3.8, 4) is 0 Å². The molecule has 0 saturated carbocycles. The standard InChI is InChI=1S/C11H22N2O4S/c1-17-11(14)5-3-7-18(15,16)13-9-10-4-2-6-12-8-10/h10,12-13H,2-9H2,1H3. The topological polar surface area (TPSA) is 84.5 Å². The van der Waals surface area contributed by atoms with Gasteiger partial charge in [0.1, 0.15) is 0 Å². The van der Waals surface area contributed by atoms with Gasteiger partial charge >= 0.3 is 5.97 Å². The first-order valence-electron chi connectivity index (χ1n) is 6.28. The number of methoxy groups -OCH3 is 1. The van der Waals surface area contributed by atoms with Crippen LogP contribution < -0.4 is 10.0 Å². The van der Waals surface area contributed by atoms with Crippen molar-refractivity contribution in [2.45, 2.75) is 25.7 Å². The molecule has 1 aliphatic heterocycles. The molecule has 1 fully saturated rings. The average molecular weight is 278 g/mol. The lowest BCUT2D eigenvalue weighted by Gasteiger charge is -2.22. The molecular formula is C11H22N2O4S. The monoisotopic (exact) mass is 278 g/mol. The molecule has 0 aromatic rings. The second-order valence-corrected chi connectivity index (χ2v) is 6.49. The molecule has 0 bridgehead atoms. The summed E-state index contributed by atoms with van der Waals surface area (Å²) in [7, 11) is -1.97. The van der Waals surface area contributed by atoms with Gasteiger partial charge in [0, 0.05) is 13.0 Å².